The maximum Gasteiger partial charge on any atom is 0.135 e. The van der Waals surface area contributed by atoms with Crippen molar-refractivity contribution in [2.75, 3.05) is 0 Å². The van der Waals surface area contributed by atoms with Gasteiger partial charge in [-0.3, -0.25) is 0 Å². The van der Waals surface area contributed by atoms with Crippen LogP contribution in [0.5, 0.6) is 0 Å². The van der Waals surface area contributed by atoms with Crippen LogP contribution in [-0.4, -0.2) is 8.07 Å². The molecule has 0 amide bonds. The highest BCUT2D eigenvalue weighted by atomic mass is 28.3. The maximum atomic E-state index is 6.50. The molecule has 284 valence electrons. The summed E-state index contributed by atoms with van der Waals surface area (Å²) < 4.78 is 13.0. The van der Waals surface area contributed by atoms with E-state index in [1.807, 2.05) is 0 Å². The molecule has 3 heteroatoms. The Hall–Kier alpha value is -7.46. The van der Waals surface area contributed by atoms with Crippen LogP contribution in [0, 0.1) is 0 Å². The van der Waals surface area contributed by atoms with Gasteiger partial charge in [0.15, 0.2) is 0 Å². The molecule has 0 aliphatic rings. The predicted octanol–water partition coefficient (Wildman–Crippen LogP) is 15.4. The fourth-order valence-corrected chi connectivity index (χ4v) is 13.2. The van der Waals surface area contributed by atoms with E-state index in [-0.39, 0.29) is 0 Å². The van der Waals surface area contributed by atoms with Gasteiger partial charge in [-0.2, -0.15) is 0 Å². The summed E-state index contributed by atoms with van der Waals surface area (Å²) in [6.45, 7) is 4.93. The number of hydrogen-bond donors (Lipinski definition) is 0. The number of benzene rings is 12. The van der Waals surface area contributed by atoms with Crippen molar-refractivity contribution in [3.8, 4) is 22.3 Å². The van der Waals surface area contributed by atoms with Crippen molar-refractivity contribution in [1.82, 2.24) is 0 Å². The molecule has 14 rings (SSSR count). The van der Waals surface area contributed by atoms with Crippen LogP contribution in [0.25, 0.3) is 131 Å². The molecule has 0 aliphatic carbocycles. The van der Waals surface area contributed by atoms with Crippen LogP contribution in [0.4, 0.5) is 0 Å². The first-order chi connectivity index (χ1) is 29.9. The van der Waals surface area contributed by atoms with Crippen molar-refractivity contribution in [2.24, 2.45) is 0 Å². The Balaban J connectivity index is 0.880. The Morgan fingerprint density at radius 1 is 0.295 bits per heavy atom. The first-order valence-electron chi connectivity index (χ1n) is 21.2. The van der Waals surface area contributed by atoms with E-state index in [0.717, 1.165) is 33.1 Å². The molecule has 0 saturated carbocycles. The van der Waals surface area contributed by atoms with Crippen LogP contribution in [0.3, 0.4) is 0 Å². The topological polar surface area (TPSA) is 26.3 Å². The van der Waals surface area contributed by atoms with Gasteiger partial charge in [-0.25, -0.2) is 0 Å². The molecule has 14 aromatic rings. The fourth-order valence-electron chi connectivity index (χ4n) is 10.8. The number of hydrogen-bond acceptors (Lipinski definition) is 2. The van der Waals surface area contributed by atoms with Gasteiger partial charge in [0, 0.05) is 21.5 Å². The molecule has 0 unspecified atom stereocenters. The van der Waals surface area contributed by atoms with Crippen molar-refractivity contribution in [1.29, 1.82) is 0 Å². The van der Waals surface area contributed by atoms with Crippen molar-refractivity contribution < 1.29 is 8.83 Å². The lowest BCUT2D eigenvalue weighted by molar-refractivity contribution is 0.668. The van der Waals surface area contributed by atoms with Crippen LogP contribution in [0.1, 0.15) is 0 Å². The summed E-state index contributed by atoms with van der Waals surface area (Å²) in [6.07, 6.45) is 0. The number of furan rings is 2. The molecule has 2 heterocycles. The minimum Gasteiger partial charge on any atom is -0.456 e. The zero-order valence-electron chi connectivity index (χ0n) is 33.6. The van der Waals surface area contributed by atoms with Gasteiger partial charge < -0.3 is 8.83 Å². The minimum atomic E-state index is -2.20. The molecule has 2 nitrogen and oxygen atoms in total. The largest absolute Gasteiger partial charge is 0.456 e. The van der Waals surface area contributed by atoms with Gasteiger partial charge in [-0.05, 0) is 123 Å². The standard InChI is InChI=1S/C58H36O2Si/c1-61(2,41-19-27-53-49(31-41)47-29-39(17-25-51(47)59-53)43-21-13-37-11-9-33-5-3-7-35-15-23-45(43)57(37)55(33)35)42-20-28-54-50(32-42)48-30-40(18-26-52(48)60-54)44-22-14-38-12-10-34-6-4-8-36-16-24-46(44)58(38)56(34)36/h3-32H,1-2H3. The zero-order valence-corrected chi connectivity index (χ0v) is 34.6. The van der Waals surface area contributed by atoms with Crippen molar-refractivity contribution in [3.63, 3.8) is 0 Å². The summed E-state index contributed by atoms with van der Waals surface area (Å²) >= 11 is 0. The molecule has 2 aromatic heterocycles. The third kappa shape index (κ3) is 4.61. The highest BCUT2D eigenvalue weighted by Crippen LogP contribution is 2.43. The first-order valence-corrected chi connectivity index (χ1v) is 24.2. The van der Waals surface area contributed by atoms with Gasteiger partial charge in [0.2, 0.25) is 0 Å². The Bertz CT molecular complexity index is 3850. The molecule has 0 spiro atoms. The van der Waals surface area contributed by atoms with E-state index in [1.165, 1.54) is 108 Å². The van der Waals surface area contributed by atoms with Gasteiger partial charge in [-0.1, -0.05) is 169 Å². The Morgan fingerprint density at radius 2 is 0.639 bits per heavy atom. The zero-order chi connectivity index (χ0) is 40.1. The van der Waals surface area contributed by atoms with E-state index < -0.39 is 8.07 Å². The van der Waals surface area contributed by atoms with Crippen LogP contribution in [0.2, 0.25) is 13.1 Å². The minimum absolute atomic E-state index is 0.917. The summed E-state index contributed by atoms with van der Waals surface area (Å²) in [5, 5.41) is 23.0. The molecule has 0 bridgehead atoms. The van der Waals surface area contributed by atoms with E-state index in [0.29, 0.717) is 0 Å². The predicted molar refractivity (Wildman–Crippen MR) is 262 cm³/mol. The molecule has 0 radical (unpaired) electrons. The van der Waals surface area contributed by atoms with Crippen LogP contribution >= 0.6 is 0 Å². The van der Waals surface area contributed by atoms with E-state index in [9.17, 15) is 0 Å². The fraction of sp³-hybridized carbons (Fsp3) is 0.0345. The van der Waals surface area contributed by atoms with E-state index in [4.69, 9.17) is 8.83 Å². The lowest BCUT2D eigenvalue weighted by atomic mass is 9.89. The third-order valence-electron chi connectivity index (χ3n) is 14.1. The normalized spacial score (nSPS) is 12.8. The summed E-state index contributed by atoms with van der Waals surface area (Å²) in [4.78, 5) is 0. The Labute approximate surface area is 351 Å². The second-order valence-corrected chi connectivity index (χ2v) is 22.0. The first kappa shape index (κ1) is 33.4. The average Bonchev–Trinajstić information content (AvgIpc) is 3.87. The van der Waals surface area contributed by atoms with Crippen LogP contribution in [-0.2, 0) is 0 Å². The molecule has 0 atom stereocenters. The summed E-state index contributed by atoms with van der Waals surface area (Å²) in [5.74, 6) is 0. The lowest BCUT2D eigenvalue weighted by Gasteiger charge is -2.24. The average molecular weight is 793 g/mol. The van der Waals surface area contributed by atoms with Crippen molar-refractivity contribution in [3.05, 3.63) is 182 Å². The van der Waals surface area contributed by atoms with Gasteiger partial charge >= 0.3 is 0 Å². The smallest absolute Gasteiger partial charge is 0.135 e. The van der Waals surface area contributed by atoms with Crippen LogP contribution < -0.4 is 10.4 Å². The lowest BCUT2D eigenvalue weighted by Crippen LogP contribution is -2.52. The highest BCUT2D eigenvalue weighted by Gasteiger charge is 2.28. The quantitative estimate of drug-likeness (QED) is 0.131. The van der Waals surface area contributed by atoms with Crippen molar-refractivity contribution >= 4 is 127 Å². The second kappa shape index (κ2) is 11.8. The summed E-state index contributed by atoms with van der Waals surface area (Å²) in [7, 11) is -2.20. The molecular weight excluding hydrogens is 757 g/mol. The summed E-state index contributed by atoms with van der Waals surface area (Å²) in [6, 6.07) is 67.7. The van der Waals surface area contributed by atoms with Crippen molar-refractivity contribution in [2.45, 2.75) is 13.1 Å². The molecule has 0 N–H and O–H groups in total. The number of rotatable bonds is 4. The van der Waals surface area contributed by atoms with Crippen LogP contribution in [0.15, 0.2) is 191 Å². The van der Waals surface area contributed by atoms with E-state index in [1.54, 1.807) is 0 Å². The number of fused-ring (bicyclic) bond motifs is 6. The third-order valence-corrected chi connectivity index (χ3v) is 17.6. The Morgan fingerprint density at radius 3 is 1.07 bits per heavy atom. The van der Waals surface area contributed by atoms with Gasteiger partial charge in [0.25, 0.3) is 0 Å². The molecule has 61 heavy (non-hydrogen) atoms. The monoisotopic (exact) mass is 792 g/mol. The van der Waals surface area contributed by atoms with Gasteiger partial charge in [0.1, 0.15) is 30.4 Å². The van der Waals surface area contributed by atoms with E-state index >= 15 is 0 Å². The second-order valence-electron chi connectivity index (χ2n) is 17.6. The molecule has 0 saturated heterocycles. The van der Waals surface area contributed by atoms with Gasteiger partial charge in [0.05, 0.1) is 0 Å². The SMILES string of the molecule is C[Si](C)(c1ccc2oc3ccc(-c4ccc5ccc6cccc7ccc4c5c67)cc3c2c1)c1ccc2oc3ccc(-c4ccc5ccc6cccc7ccc4c5c67)cc3c2c1. The molecular formula is C58H36O2Si. The molecule has 0 aliphatic heterocycles. The molecule has 12 aromatic carbocycles. The maximum absolute atomic E-state index is 6.50. The van der Waals surface area contributed by atoms with E-state index in [2.05, 4.69) is 195 Å². The Kier molecular flexibility index (Phi) is 6.48. The molecule has 0 fully saturated rings. The highest BCUT2D eigenvalue weighted by molar-refractivity contribution is 7.00. The van der Waals surface area contributed by atoms with Gasteiger partial charge in [-0.15, -0.1) is 0 Å². The summed E-state index contributed by atoms with van der Waals surface area (Å²) in [5.41, 5.74) is 8.58.